The van der Waals surface area contributed by atoms with E-state index in [-0.39, 0.29) is 23.1 Å². The summed E-state index contributed by atoms with van der Waals surface area (Å²) in [6.07, 6.45) is 0.460. The molecule has 9 nitrogen and oxygen atoms in total. The Labute approximate surface area is 197 Å². The molecule has 1 aliphatic heterocycles. The second-order valence-corrected chi connectivity index (χ2v) is 9.60. The van der Waals surface area contributed by atoms with E-state index < -0.39 is 28.0 Å². The maximum Gasteiger partial charge on any atom is 0.338 e. The SMILES string of the molecule is COc1ccc(Cl)cc1NC(=O)C(C)OC(=O)c1ccc(S(=O)(=O)NCC2CCCO2)cc1. The first-order valence-electron chi connectivity index (χ1n) is 10.3. The van der Waals surface area contributed by atoms with Crippen molar-refractivity contribution in [1.29, 1.82) is 0 Å². The van der Waals surface area contributed by atoms with Crippen molar-refractivity contribution < 1.29 is 32.2 Å². The lowest BCUT2D eigenvalue weighted by Crippen LogP contribution is -2.32. The minimum atomic E-state index is -3.74. The summed E-state index contributed by atoms with van der Waals surface area (Å²) in [5.74, 6) is -0.954. The number of esters is 1. The van der Waals surface area contributed by atoms with Crippen LogP contribution in [0.2, 0.25) is 5.02 Å². The van der Waals surface area contributed by atoms with Crippen molar-refractivity contribution in [3.05, 3.63) is 53.1 Å². The van der Waals surface area contributed by atoms with Crippen LogP contribution in [0.15, 0.2) is 47.4 Å². The Kier molecular flexibility index (Phi) is 8.30. The van der Waals surface area contributed by atoms with E-state index in [1.54, 1.807) is 12.1 Å². The average Bonchev–Trinajstić information content (AvgIpc) is 3.32. The molecule has 178 valence electrons. The fraction of sp³-hybridized carbons (Fsp3) is 0.364. The highest BCUT2D eigenvalue weighted by atomic mass is 35.5. The molecule has 33 heavy (non-hydrogen) atoms. The van der Waals surface area contributed by atoms with E-state index in [9.17, 15) is 18.0 Å². The highest BCUT2D eigenvalue weighted by Gasteiger charge is 2.23. The molecule has 0 radical (unpaired) electrons. The van der Waals surface area contributed by atoms with Gasteiger partial charge in [-0.3, -0.25) is 4.79 Å². The third-order valence-corrected chi connectivity index (χ3v) is 6.67. The molecule has 11 heteroatoms. The van der Waals surface area contributed by atoms with Gasteiger partial charge in [-0.1, -0.05) is 11.6 Å². The summed E-state index contributed by atoms with van der Waals surface area (Å²) < 4.78 is 43.2. The van der Waals surface area contributed by atoms with E-state index in [2.05, 4.69) is 10.0 Å². The normalized spacial score (nSPS) is 16.8. The number of amides is 1. The zero-order valence-corrected chi connectivity index (χ0v) is 19.7. The lowest BCUT2D eigenvalue weighted by Gasteiger charge is -2.15. The fourth-order valence-electron chi connectivity index (χ4n) is 3.16. The molecule has 2 unspecified atom stereocenters. The van der Waals surface area contributed by atoms with E-state index in [0.717, 1.165) is 12.8 Å². The Morgan fingerprint density at radius 3 is 2.58 bits per heavy atom. The molecule has 0 bridgehead atoms. The third-order valence-electron chi connectivity index (χ3n) is 5.00. The van der Waals surface area contributed by atoms with Gasteiger partial charge in [0, 0.05) is 18.2 Å². The molecule has 0 saturated carbocycles. The highest BCUT2D eigenvalue weighted by molar-refractivity contribution is 7.89. The Morgan fingerprint density at radius 2 is 1.94 bits per heavy atom. The first-order chi connectivity index (χ1) is 15.7. The smallest absolute Gasteiger partial charge is 0.338 e. The van der Waals surface area contributed by atoms with Crippen LogP contribution in [0.25, 0.3) is 0 Å². The Bertz CT molecular complexity index is 1100. The number of carbonyl (C=O) groups is 2. The number of sulfonamides is 1. The molecule has 2 aromatic carbocycles. The molecule has 3 rings (SSSR count). The molecule has 0 spiro atoms. The van der Waals surface area contributed by atoms with E-state index in [1.807, 2.05) is 0 Å². The molecule has 1 amide bonds. The van der Waals surface area contributed by atoms with Crippen LogP contribution in [0.4, 0.5) is 5.69 Å². The van der Waals surface area contributed by atoms with Gasteiger partial charge in [-0.15, -0.1) is 0 Å². The number of methoxy groups -OCH3 is 1. The van der Waals surface area contributed by atoms with E-state index >= 15 is 0 Å². The molecule has 2 aromatic rings. The lowest BCUT2D eigenvalue weighted by molar-refractivity contribution is -0.123. The minimum Gasteiger partial charge on any atom is -0.495 e. The van der Waals surface area contributed by atoms with Crippen LogP contribution in [0.3, 0.4) is 0 Å². The molecular formula is C22H25ClN2O7S. The van der Waals surface area contributed by atoms with Crippen LogP contribution in [-0.4, -0.2) is 52.8 Å². The molecule has 0 aromatic heterocycles. The second-order valence-electron chi connectivity index (χ2n) is 7.39. The molecule has 0 aliphatic carbocycles. The van der Waals surface area contributed by atoms with E-state index in [4.69, 9.17) is 25.8 Å². The molecule has 1 heterocycles. The molecule has 1 aliphatic rings. The second kappa shape index (κ2) is 11.0. The topological polar surface area (TPSA) is 120 Å². The van der Waals surface area contributed by atoms with Crippen molar-refractivity contribution in [2.45, 2.75) is 36.9 Å². The molecule has 2 N–H and O–H groups in total. The monoisotopic (exact) mass is 496 g/mol. The number of benzene rings is 2. The summed E-state index contributed by atoms with van der Waals surface area (Å²) in [4.78, 5) is 24.9. The fourth-order valence-corrected chi connectivity index (χ4v) is 4.39. The predicted octanol–water partition coefficient (Wildman–Crippen LogP) is 2.99. The minimum absolute atomic E-state index is 0.0101. The maximum atomic E-state index is 12.4. The number of hydrogen-bond acceptors (Lipinski definition) is 7. The number of ether oxygens (including phenoxy) is 3. The van der Waals surface area contributed by atoms with Crippen molar-refractivity contribution in [3.8, 4) is 5.75 Å². The summed E-state index contributed by atoms with van der Waals surface area (Å²) in [7, 11) is -2.29. The molecule has 1 saturated heterocycles. The van der Waals surface area contributed by atoms with Crippen LogP contribution < -0.4 is 14.8 Å². The van der Waals surface area contributed by atoms with Crippen LogP contribution in [0, 0.1) is 0 Å². The summed E-state index contributed by atoms with van der Waals surface area (Å²) >= 11 is 5.95. The van der Waals surface area contributed by atoms with Gasteiger partial charge in [-0.25, -0.2) is 17.9 Å². The number of rotatable bonds is 9. The number of nitrogens with one attached hydrogen (secondary N) is 2. The number of carbonyl (C=O) groups excluding carboxylic acids is 2. The predicted molar refractivity (Wildman–Crippen MR) is 122 cm³/mol. The Morgan fingerprint density at radius 1 is 1.21 bits per heavy atom. The van der Waals surface area contributed by atoms with Crippen molar-refractivity contribution in [2.24, 2.45) is 0 Å². The van der Waals surface area contributed by atoms with Crippen LogP contribution in [-0.2, 0) is 24.3 Å². The first-order valence-corrected chi connectivity index (χ1v) is 12.1. The summed E-state index contributed by atoms with van der Waals surface area (Å²) in [6, 6.07) is 9.98. The van der Waals surface area contributed by atoms with Gasteiger partial charge in [0.25, 0.3) is 5.91 Å². The van der Waals surface area contributed by atoms with Crippen molar-refractivity contribution in [3.63, 3.8) is 0 Å². The summed E-state index contributed by atoms with van der Waals surface area (Å²) in [5, 5.41) is 3.00. The van der Waals surface area contributed by atoms with Gasteiger partial charge in [0.1, 0.15) is 5.75 Å². The van der Waals surface area contributed by atoms with Gasteiger partial charge in [-0.05, 0) is 62.2 Å². The average molecular weight is 497 g/mol. The van der Waals surface area contributed by atoms with Gasteiger partial charge in [-0.2, -0.15) is 0 Å². The van der Waals surface area contributed by atoms with Gasteiger partial charge >= 0.3 is 5.97 Å². The van der Waals surface area contributed by atoms with Gasteiger partial charge in [0.15, 0.2) is 6.10 Å². The van der Waals surface area contributed by atoms with Crippen LogP contribution >= 0.6 is 11.6 Å². The highest BCUT2D eigenvalue weighted by Crippen LogP contribution is 2.28. The zero-order chi connectivity index (χ0) is 24.0. The summed E-state index contributed by atoms with van der Waals surface area (Å²) in [6.45, 7) is 2.24. The Hall–Kier alpha value is -2.66. The van der Waals surface area contributed by atoms with Crippen molar-refractivity contribution >= 4 is 39.2 Å². The molecule has 2 atom stereocenters. The lowest BCUT2D eigenvalue weighted by atomic mass is 10.2. The molecular weight excluding hydrogens is 472 g/mol. The number of halogens is 1. The van der Waals surface area contributed by atoms with Crippen LogP contribution in [0.1, 0.15) is 30.1 Å². The Balaban J connectivity index is 1.58. The first kappa shape index (κ1) is 25.0. The maximum absolute atomic E-state index is 12.4. The standard InChI is InChI=1S/C22H25ClN2O7S/c1-14(21(26)25-19-12-16(23)7-10-20(19)30-2)32-22(27)15-5-8-18(9-6-15)33(28,29)24-13-17-4-3-11-31-17/h5-10,12,14,17,24H,3-4,11,13H2,1-2H3,(H,25,26). The van der Waals surface area contributed by atoms with Crippen molar-refractivity contribution in [2.75, 3.05) is 25.6 Å². The van der Waals surface area contributed by atoms with E-state index in [0.29, 0.717) is 23.1 Å². The van der Waals surface area contributed by atoms with Gasteiger partial charge < -0.3 is 19.5 Å². The number of hydrogen-bond donors (Lipinski definition) is 2. The van der Waals surface area contributed by atoms with Crippen molar-refractivity contribution in [1.82, 2.24) is 4.72 Å². The zero-order valence-electron chi connectivity index (χ0n) is 18.2. The van der Waals surface area contributed by atoms with Gasteiger partial charge in [0.05, 0.1) is 29.4 Å². The van der Waals surface area contributed by atoms with Crippen LogP contribution in [0.5, 0.6) is 5.75 Å². The van der Waals surface area contributed by atoms with Gasteiger partial charge in [0.2, 0.25) is 10.0 Å². The number of anilines is 1. The molecule has 1 fully saturated rings. The summed E-state index contributed by atoms with van der Waals surface area (Å²) in [5.41, 5.74) is 0.441. The van der Waals surface area contributed by atoms with E-state index in [1.165, 1.54) is 44.4 Å². The third kappa shape index (κ3) is 6.67. The quantitative estimate of drug-likeness (QED) is 0.512. The largest absolute Gasteiger partial charge is 0.495 e.